The predicted octanol–water partition coefficient (Wildman–Crippen LogP) is 12.0. The van der Waals surface area contributed by atoms with Crippen LogP contribution in [-0.2, 0) is 30.1 Å². The van der Waals surface area contributed by atoms with E-state index >= 15 is 4.79 Å². The third kappa shape index (κ3) is 7.76. The van der Waals surface area contributed by atoms with Gasteiger partial charge in [-0.25, -0.2) is 0 Å². The summed E-state index contributed by atoms with van der Waals surface area (Å²) in [6.45, 7) is 24.1. The van der Waals surface area contributed by atoms with Gasteiger partial charge in [-0.05, 0) is 59.1 Å². The van der Waals surface area contributed by atoms with Gasteiger partial charge in [0.05, 0.1) is 42.0 Å². The molecule has 7 heteroatoms. The van der Waals surface area contributed by atoms with Crippen LogP contribution in [0.15, 0.2) is 97.8 Å². The van der Waals surface area contributed by atoms with Crippen molar-refractivity contribution in [2.75, 3.05) is 19.8 Å². The van der Waals surface area contributed by atoms with Gasteiger partial charge in [-0.15, -0.1) is 13.2 Å². The van der Waals surface area contributed by atoms with Crippen LogP contribution in [0.4, 0.5) is 0 Å². The first kappa shape index (κ1) is 40.8. The molecule has 1 aliphatic rings. The minimum atomic E-state index is -1.73. The molecule has 2 heterocycles. The number of hydrogen-bond acceptors (Lipinski definition) is 5. The molecule has 0 bridgehead atoms. The first-order valence-electron chi connectivity index (χ1n) is 20.1. The largest absolute Gasteiger partial charge is 0.504 e. The third-order valence-corrected chi connectivity index (χ3v) is 10.8. The summed E-state index contributed by atoms with van der Waals surface area (Å²) in [5.41, 5.74) is 2.74. The Morgan fingerprint density at radius 1 is 0.685 bits per heavy atom. The number of ether oxygens (including phenoxy) is 3. The van der Waals surface area contributed by atoms with E-state index in [1.807, 2.05) is 67.0 Å². The van der Waals surface area contributed by atoms with Gasteiger partial charge in [0.25, 0.3) is 5.79 Å². The van der Waals surface area contributed by atoms with E-state index in [-0.39, 0.29) is 11.1 Å². The normalized spacial score (nSPS) is 15.1. The van der Waals surface area contributed by atoms with E-state index in [1.165, 1.54) is 0 Å². The standard InChI is InChI=1S/C47H62N2O5/c1-10-15-22-29-52-44-40(36-32-48(45(6,7)13-4)38-27-20-18-25-34(36)38)42(50)43(51)41(47(44,53-30-23-16-11-2)54-31-24-17-12-3)37-33-49(46(8,9)14-5)39-28-21-19-26-35(37)39/h13-14,18-21,25-28,32-33,51H,4-5,10-12,15-17,22-24,29-31H2,1-3,6-9H3. The maximum Gasteiger partial charge on any atom is 0.260 e. The van der Waals surface area contributed by atoms with Crippen molar-refractivity contribution in [2.45, 2.75) is 123 Å². The van der Waals surface area contributed by atoms with Gasteiger partial charge in [0.2, 0.25) is 5.78 Å². The molecule has 5 rings (SSSR count). The van der Waals surface area contributed by atoms with Crippen molar-refractivity contribution in [3.8, 4) is 0 Å². The van der Waals surface area contributed by atoms with Gasteiger partial charge in [0.1, 0.15) is 0 Å². The molecular formula is C47H62N2O5. The van der Waals surface area contributed by atoms with Crippen molar-refractivity contribution < 1.29 is 24.1 Å². The van der Waals surface area contributed by atoms with Crippen LogP contribution in [0, 0.1) is 0 Å². The molecule has 1 aliphatic carbocycles. The van der Waals surface area contributed by atoms with Crippen LogP contribution in [0.5, 0.6) is 0 Å². The van der Waals surface area contributed by atoms with Crippen LogP contribution < -0.4 is 0 Å². The van der Waals surface area contributed by atoms with Crippen LogP contribution in [0.25, 0.3) is 33.0 Å². The van der Waals surface area contributed by atoms with Crippen LogP contribution in [0.2, 0.25) is 0 Å². The Labute approximate surface area is 323 Å². The molecule has 1 N–H and O–H groups in total. The lowest BCUT2D eigenvalue weighted by molar-refractivity contribution is -0.196. The molecular weight excluding hydrogens is 673 g/mol. The SMILES string of the molecule is C=CC(C)(C)n1cc(C2=C(OCCCCC)C(OCCCCC)(OCCCCC)C(c3cn(C(C)(C)C=C)c4ccccc34)=C(O)C2=O)c2ccccc21. The Kier molecular flexibility index (Phi) is 13.2. The highest BCUT2D eigenvalue weighted by atomic mass is 16.7. The molecule has 2 aromatic carbocycles. The average Bonchev–Trinajstić information content (AvgIpc) is 3.76. The Morgan fingerprint density at radius 2 is 1.13 bits per heavy atom. The Hall–Kier alpha value is -4.33. The molecule has 0 spiro atoms. The van der Waals surface area contributed by atoms with Gasteiger partial charge in [0.15, 0.2) is 11.5 Å². The lowest BCUT2D eigenvalue weighted by Crippen LogP contribution is -2.46. The fourth-order valence-electron chi connectivity index (χ4n) is 7.37. The summed E-state index contributed by atoms with van der Waals surface area (Å²) in [6, 6.07) is 16.1. The number of carbonyl (C=O) groups excluding carboxylic acids is 1. The van der Waals surface area contributed by atoms with E-state index in [1.54, 1.807) is 0 Å². The summed E-state index contributed by atoms with van der Waals surface area (Å²) in [5, 5.41) is 14.4. The van der Waals surface area contributed by atoms with Crippen LogP contribution >= 0.6 is 0 Å². The van der Waals surface area contributed by atoms with Gasteiger partial charge in [-0.2, -0.15) is 0 Å². The fourth-order valence-corrected chi connectivity index (χ4v) is 7.37. The van der Waals surface area contributed by atoms with Crippen molar-refractivity contribution in [2.24, 2.45) is 0 Å². The minimum Gasteiger partial charge on any atom is -0.504 e. The zero-order valence-electron chi connectivity index (χ0n) is 33.8. The van der Waals surface area contributed by atoms with Gasteiger partial charge < -0.3 is 28.5 Å². The van der Waals surface area contributed by atoms with E-state index in [0.717, 1.165) is 79.6 Å². The summed E-state index contributed by atoms with van der Waals surface area (Å²) in [6.07, 6.45) is 16.0. The molecule has 54 heavy (non-hydrogen) atoms. The molecule has 7 nitrogen and oxygen atoms in total. The molecule has 0 atom stereocenters. The molecule has 0 fully saturated rings. The van der Waals surface area contributed by atoms with E-state index in [9.17, 15) is 5.11 Å². The second-order valence-corrected chi connectivity index (χ2v) is 15.6. The second-order valence-electron chi connectivity index (χ2n) is 15.6. The number of benzene rings is 2. The lowest BCUT2D eigenvalue weighted by Gasteiger charge is -2.41. The molecule has 290 valence electrons. The number of Topliss-reactive ketones (excluding diaryl/α,β-unsaturated/α-hetero) is 1. The van der Waals surface area contributed by atoms with Crippen LogP contribution in [0.1, 0.15) is 117 Å². The van der Waals surface area contributed by atoms with Gasteiger partial charge in [0, 0.05) is 45.3 Å². The number of aromatic nitrogens is 2. The summed E-state index contributed by atoms with van der Waals surface area (Å²) >= 11 is 0. The molecule has 0 unspecified atom stereocenters. The topological polar surface area (TPSA) is 74.8 Å². The van der Waals surface area contributed by atoms with E-state index in [0.29, 0.717) is 36.7 Å². The molecule has 0 amide bonds. The maximum atomic E-state index is 15.2. The van der Waals surface area contributed by atoms with Crippen molar-refractivity contribution in [3.63, 3.8) is 0 Å². The summed E-state index contributed by atoms with van der Waals surface area (Å²) in [7, 11) is 0. The highest BCUT2D eigenvalue weighted by Crippen LogP contribution is 2.51. The quantitative estimate of drug-likeness (QED) is 0.0524. The molecule has 0 saturated heterocycles. The van der Waals surface area contributed by atoms with Crippen LogP contribution in [0.3, 0.4) is 0 Å². The van der Waals surface area contributed by atoms with Crippen molar-refractivity contribution in [1.82, 2.24) is 9.13 Å². The number of hydrogen-bond donors (Lipinski definition) is 1. The fraction of sp³-hybridized carbons (Fsp3) is 0.468. The number of aliphatic hydroxyl groups excluding tert-OH is 1. The van der Waals surface area contributed by atoms with Crippen LogP contribution in [-0.4, -0.2) is 45.6 Å². The third-order valence-electron chi connectivity index (χ3n) is 10.8. The number of para-hydroxylation sites is 2. The number of allylic oxidation sites excluding steroid dienone is 3. The lowest BCUT2D eigenvalue weighted by atomic mass is 9.82. The summed E-state index contributed by atoms with van der Waals surface area (Å²) < 4.78 is 25.4. The zero-order chi connectivity index (χ0) is 39.1. The number of carbonyl (C=O) groups is 1. The number of fused-ring (bicyclic) bond motifs is 2. The Balaban J connectivity index is 1.92. The average molecular weight is 735 g/mol. The highest BCUT2D eigenvalue weighted by molar-refractivity contribution is 6.34. The van der Waals surface area contributed by atoms with E-state index < -0.39 is 28.4 Å². The number of ketones is 1. The maximum absolute atomic E-state index is 15.2. The Bertz CT molecular complexity index is 2010. The van der Waals surface area contributed by atoms with Crippen molar-refractivity contribution in [3.05, 3.63) is 109 Å². The number of nitrogens with zero attached hydrogens (tertiary/aromatic N) is 2. The highest BCUT2D eigenvalue weighted by Gasteiger charge is 2.54. The predicted molar refractivity (Wildman–Crippen MR) is 224 cm³/mol. The number of unbranched alkanes of at least 4 members (excludes halogenated alkanes) is 6. The Morgan fingerprint density at radius 3 is 1.61 bits per heavy atom. The first-order chi connectivity index (χ1) is 25.9. The van der Waals surface area contributed by atoms with Gasteiger partial charge in [-0.3, -0.25) is 4.79 Å². The summed E-state index contributed by atoms with van der Waals surface area (Å²) in [5.74, 6) is -2.37. The van der Waals surface area contributed by atoms with E-state index in [2.05, 4.69) is 76.8 Å². The smallest absolute Gasteiger partial charge is 0.260 e. The first-order valence-corrected chi connectivity index (χ1v) is 20.1. The number of rotatable bonds is 21. The monoisotopic (exact) mass is 734 g/mol. The molecule has 2 aromatic heterocycles. The minimum absolute atomic E-state index is 0.253. The molecule has 0 aliphatic heterocycles. The molecule has 0 radical (unpaired) electrons. The second kappa shape index (κ2) is 17.4. The van der Waals surface area contributed by atoms with Crippen molar-refractivity contribution >= 4 is 38.7 Å². The van der Waals surface area contributed by atoms with Gasteiger partial charge >= 0.3 is 0 Å². The molecule has 0 saturated carbocycles. The summed E-state index contributed by atoms with van der Waals surface area (Å²) in [4.78, 5) is 15.2. The van der Waals surface area contributed by atoms with E-state index in [4.69, 9.17) is 14.2 Å². The van der Waals surface area contributed by atoms with Gasteiger partial charge in [-0.1, -0.05) is 108 Å². The van der Waals surface area contributed by atoms with Crippen molar-refractivity contribution in [1.29, 1.82) is 0 Å². The molecule has 4 aromatic rings. The zero-order valence-corrected chi connectivity index (χ0v) is 33.8. The number of aliphatic hydroxyl groups is 1.